The van der Waals surface area contributed by atoms with Crippen molar-refractivity contribution < 1.29 is 18.7 Å². The summed E-state index contributed by atoms with van der Waals surface area (Å²) in [5.74, 6) is -1.00. The van der Waals surface area contributed by atoms with Crippen molar-refractivity contribution >= 4 is 17.5 Å². The van der Waals surface area contributed by atoms with Gasteiger partial charge in [0.2, 0.25) is 5.91 Å². The van der Waals surface area contributed by atoms with E-state index in [9.17, 15) is 14.0 Å². The van der Waals surface area contributed by atoms with Crippen LogP contribution in [0.15, 0.2) is 72.8 Å². The lowest BCUT2D eigenvalue weighted by Gasteiger charge is -2.09. The molecule has 0 saturated heterocycles. The maximum Gasteiger partial charge on any atom is 0.251 e. The molecule has 0 bridgehead atoms. The number of nitrogens with one attached hydrogen (secondary N) is 1. The lowest BCUT2D eigenvalue weighted by Crippen LogP contribution is -2.16. The normalized spacial score (nSPS) is 10.6. The minimum atomic E-state index is -0.877. The highest BCUT2D eigenvalue weighted by atomic mass is 19.1. The van der Waals surface area contributed by atoms with Crippen LogP contribution >= 0.6 is 0 Å². The van der Waals surface area contributed by atoms with E-state index in [1.165, 1.54) is 17.7 Å². The van der Waals surface area contributed by atoms with Crippen LogP contribution in [0.1, 0.15) is 47.2 Å². The summed E-state index contributed by atoms with van der Waals surface area (Å²) in [6.45, 7) is 0.682. The van der Waals surface area contributed by atoms with Crippen LogP contribution in [0.25, 0.3) is 0 Å². The highest BCUT2D eigenvalue weighted by molar-refractivity contribution is 5.96. The summed E-state index contributed by atoms with van der Waals surface area (Å²) in [5.41, 5.74) is 7.60. The second kappa shape index (κ2) is 12.4. The average molecular weight is 449 g/mol. The number of nitrogens with two attached hydrogens (primary N) is 1. The van der Waals surface area contributed by atoms with Crippen LogP contribution in [-0.4, -0.2) is 18.4 Å². The lowest BCUT2D eigenvalue weighted by molar-refractivity contribution is -0.116. The molecule has 0 heterocycles. The van der Waals surface area contributed by atoms with Gasteiger partial charge in [0.15, 0.2) is 0 Å². The van der Waals surface area contributed by atoms with Crippen molar-refractivity contribution in [2.75, 3.05) is 11.9 Å². The lowest BCUT2D eigenvalue weighted by atomic mass is 10.1. The number of primary amides is 1. The van der Waals surface area contributed by atoms with Gasteiger partial charge in [0.25, 0.3) is 5.91 Å². The predicted octanol–water partition coefficient (Wildman–Crippen LogP) is 5.29. The Morgan fingerprint density at radius 2 is 1.58 bits per heavy atom. The molecular weight excluding hydrogens is 419 g/mol. The molecule has 3 aromatic rings. The number of ether oxygens (including phenoxy) is 1. The fourth-order valence-corrected chi connectivity index (χ4v) is 3.47. The number of hydrogen-bond donors (Lipinski definition) is 2. The van der Waals surface area contributed by atoms with Gasteiger partial charge < -0.3 is 15.8 Å². The van der Waals surface area contributed by atoms with Crippen LogP contribution in [0, 0.1) is 5.82 Å². The molecule has 0 saturated carbocycles. The van der Waals surface area contributed by atoms with Gasteiger partial charge in [0.05, 0.1) is 12.2 Å². The number of benzene rings is 3. The van der Waals surface area contributed by atoms with Gasteiger partial charge in [-0.3, -0.25) is 9.59 Å². The molecule has 3 N–H and O–H groups in total. The van der Waals surface area contributed by atoms with Crippen LogP contribution in [-0.2, 0) is 17.6 Å². The van der Waals surface area contributed by atoms with Crippen molar-refractivity contribution in [3.05, 3.63) is 95.3 Å². The zero-order valence-corrected chi connectivity index (χ0v) is 18.6. The van der Waals surface area contributed by atoms with Crippen molar-refractivity contribution in [1.82, 2.24) is 0 Å². The summed E-state index contributed by atoms with van der Waals surface area (Å²) in [6, 6.07) is 22.0. The molecule has 0 fully saturated rings. The van der Waals surface area contributed by atoms with Crippen molar-refractivity contribution in [3.8, 4) is 5.75 Å². The molecule has 0 aliphatic carbocycles. The van der Waals surface area contributed by atoms with Crippen LogP contribution in [0.5, 0.6) is 5.75 Å². The van der Waals surface area contributed by atoms with Crippen LogP contribution in [0.4, 0.5) is 10.1 Å². The summed E-state index contributed by atoms with van der Waals surface area (Å²) < 4.78 is 19.3. The molecule has 0 unspecified atom stereocenters. The number of amides is 2. The summed E-state index contributed by atoms with van der Waals surface area (Å²) >= 11 is 0. The number of anilines is 1. The van der Waals surface area contributed by atoms with Gasteiger partial charge in [0, 0.05) is 12.1 Å². The summed E-state index contributed by atoms with van der Waals surface area (Å²) in [6.07, 6.45) is 5.18. The Labute approximate surface area is 193 Å². The summed E-state index contributed by atoms with van der Waals surface area (Å²) in [4.78, 5) is 23.4. The van der Waals surface area contributed by atoms with Crippen LogP contribution < -0.4 is 15.8 Å². The summed E-state index contributed by atoms with van der Waals surface area (Å²) in [7, 11) is 0. The van der Waals surface area contributed by atoms with Crippen molar-refractivity contribution in [3.63, 3.8) is 0 Å². The zero-order chi connectivity index (χ0) is 23.5. The first kappa shape index (κ1) is 24.0. The minimum Gasteiger partial charge on any atom is -0.494 e. The molecule has 0 aromatic heterocycles. The first-order valence-corrected chi connectivity index (χ1v) is 11.2. The number of rotatable bonds is 12. The van der Waals surface area contributed by atoms with Crippen molar-refractivity contribution in [2.24, 2.45) is 5.73 Å². The molecular formula is C27H29FN2O3. The molecule has 5 nitrogen and oxygen atoms in total. The van der Waals surface area contributed by atoms with Gasteiger partial charge in [-0.15, -0.1) is 0 Å². The van der Waals surface area contributed by atoms with E-state index in [-0.39, 0.29) is 17.9 Å². The Kier molecular flexibility index (Phi) is 9.00. The Morgan fingerprint density at radius 1 is 0.848 bits per heavy atom. The van der Waals surface area contributed by atoms with Crippen molar-refractivity contribution in [1.29, 1.82) is 0 Å². The molecule has 0 spiro atoms. The van der Waals surface area contributed by atoms with Gasteiger partial charge in [-0.1, -0.05) is 42.5 Å². The molecule has 2 amide bonds. The monoisotopic (exact) mass is 448 g/mol. The molecule has 33 heavy (non-hydrogen) atoms. The third-order valence-electron chi connectivity index (χ3n) is 5.30. The SMILES string of the molecule is NC(=O)c1cc(NC(=O)CCc2ccc(OCCCCCc3ccccc3)cc2)ccc1F. The molecule has 0 radical (unpaired) electrons. The number of carbonyl (C=O) groups excluding carboxylic acids is 2. The van der Waals surface area contributed by atoms with E-state index >= 15 is 0 Å². The topological polar surface area (TPSA) is 81.4 Å². The van der Waals surface area contributed by atoms with Gasteiger partial charge >= 0.3 is 0 Å². The Balaban J connectivity index is 1.34. The first-order valence-electron chi connectivity index (χ1n) is 11.2. The van der Waals surface area contributed by atoms with Gasteiger partial charge in [-0.05, 0) is 73.6 Å². The van der Waals surface area contributed by atoms with Crippen LogP contribution in [0.3, 0.4) is 0 Å². The van der Waals surface area contributed by atoms with E-state index in [0.717, 1.165) is 43.1 Å². The minimum absolute atomic E-state index is 0.229. The number of aryl methyl sites for hydroxylation is 2. The first-order chi connectivity index (χ1) is 16.0. The number of unbranched alkanes of at least 4 members (excludes halogenated alkanes) is 2. The van der Waals surface area contributed by atoms with Crippen LogP contribution in [0.2, 0.25) is 0 Å². The highest BCUT2D eigenvalue weighted by Crippen LogP contribution is 2.17. The number of halogens is 1. The summed E-state index contributed by atoms with van der Waals surface area (Å²) in [5, 5.41) is 2.66. The largest absolute Gasteiger partial charge is 0.494 e. The number of carbonyl (C=O) groups is 2. The van der Waals surface area contributed by atoms with E-state index in [4.69, 9.17) is 10.5 Å². The Hall–Kier alpha value is -3.67. The predicted molar refractivity (Wildman–Crippen MR) is 128 cm³/mol. The molecule has 0 aliphatic heterocycles. The Morgan fingerprint density at radius 3 is 2.30 bits per heavy atom. The van der Waals surface area contributed by atoms with Crippen molar-refractivity contribution in [2.45, 2.75) is 38.5 Å². The highest BCUT2D eigenvalue weighted by Gasteiger charge is 2.11. The van der Waals surface area contributed by atoms with E-state index in [2.05, 4.69) is 29.6 Å². The van der Waals surface area contributed by atoms with E-state index in [0.29, 0.717) is 18.7 Å². The van der Waals surface area contributed by atoms with Gasteiger partial charge in [0.1, 0.15) is 11.6 Å². The molecule has 0 aliphatic rings. The fourth-order valence-electron chi connectivity index (χ4n) is 3.47. The second-order valence-electron chi connectivity index (χ2n) is 7.90. The van der Waals surface area contributed by atoms with E-state index in [1.807, 2.05) is 30.3 Å². The molecule has 3 rings (SSSR count). The smallest absolute Gasteiger partial charge is 0.251 e. The third-order valence-corrected chi connectivity index (χ3v) is 5.30. The standard InChI is InChI=1S/C27H29FN2O3/c28-25-16-13-22(19-24(25)27(29)32)30-26(31)17-12-21-10-14-23(15-11-21)33-18-6-2-5-9-20-7-3-1-4-8-20/h1,3-4,7-8,10-11,13-16,19H,2,5-6,9,12,17-18H2,(H2,29,32)(H,30,31). The van der Waals surface area contributed by atoms with Gasteiger partial charge in [-0.25, -0.2) is 4.39 Å². The molecule has 6 heteroatoms. The number of hydrogen-bond acceptors (Lipinski definition) is 3. The van der Waals surface area contributed by atoms with E-state index in [1.54, 1.807) is 0 Å². The Bertz CT molecular complexity index is 1050. The second-order valence-corrected chi connectivity index (χ2v) is 7.90. The quantitative estimate of drug-likeness (QED) is 0.370. The van der Waals surface area contributed by atoms with Gasteiger partial charge in [-0.2, -0.15) is 0 Å². The molecule has 172 valence electrons. The maximum absolute atomic E-state index is 13.5. The fraction of sp³-hybridized carbons (Fsp3) is 0.259. The third kappa shape index (κ3) is 8.07. The molecule has 0 atom stereocenters. The average Bonchev–Trinajstić information content (AvgIpc) is 2.82. The molecule has 3 aromatic carbocycles. The van der Waals surface area contributed by atoms with E-state index < -0.39 is 11.7 Å². The maximum atomic E-state index is 13.5. The zero-order valence-electron chi connectivity index (χ0n) is 18.6.